The molecule has 2 aliphatic rings. The molecule has 0 radical (unpaired) electrons. The first-order valence-corrected chi connectivity index (χ1v) is 12.8. The third-order valence-electron chi connectivity index (χ3n) is 6.16. The molecule has 2 heterocycles. The predicted octanol–water partition coefficient (Wildman–Crippen LogP) is 1.58. The van der Waals surface area contributed by atoms with Crippen LogP contribution < -0.4 is 5.32 Å². The molecule has 32 heavy (non-hydrogen) atoms. The molecule has 8 nitrogen and oxygen atoms in total. The molecule has 2 fully saturated rings. The van der Waals surface area contributed by atoms with E-state index < -0.39 is 10.0 Å². The fourth-order valence-electron chi connectivity index (χ4n) is 4.26. The molecule has 1 aromatic carbocycles. The van der Waals surface area contributed by atoms with E-state index in [-0.39, 0.29) is 16.8 Å². The minimum atomic E-state index is -3.48. The Hall–Kier alpha value is -1.78. The van der Waals surface area contributed by atoms with Crippen LogP contribution in [-0.2, 0) is 24.3 Å². The Morgan fingerprint density at radius 2 is 1.84 bits per heavy atom. The first kappa shape index (κ1) is 24.9. The highest BCUT2D eigenvalue weighted by Crippen LogP contribution is 2.22. The summed E-state index contributed by atoms with van der Waals surface area (Å²) in [6.45, 7) is 9.76. The van der Waals surface area contributed by atoms with Crippen molar-refractivity contribution in [1.29, 1.82) is 0 Å². The number of ether oxygens (including phenoxy) is 2. The van der Waals surface area contributed by atoms with Gasteiger partial charge in [0.25, 0.3) is 0 Å². The maximum Gasteiger partial charge on any atom is 0.244 e. The van der Waals surface area contributed by atoms with Crippen LogP contribution in [0, 0.1) is 5.92 Å². The molecule has 0 spiro atoms. The molecule has 1 aromatic rings. The number of benzene rings is 1. The molecule has 1 amide bonds. The normalized spacial score (nSPS) is 21.3. The summed E-state index contributed by atoms with van der Waals surface area (Å²) in [7, 11) is -3.48. The van der Waals surface area contributed by atoms with Gasteiger partial charge in [0.05, 0.1) is 24.7 Å². The van der Waals surface area contributed by atoms with Crippen molar-refractivity contribution in [2.75, 3.05) is 59.2 Å². The number of sulfonamides is 1. The summed E-state index contributed by atoms with van der Waals surface area (Å²) in [6.07, 6.45) is 4.21. The fourth-order valence-corrected chi connectivity index (χ4v) is 5.72. The van der Waals surface area contributed by atoms with Crippen molar-refractivity contribution in [2.45, 2.75) is 31.2 Å². The summed E-state index contributed by atoms with van der Waals surface area (Å²) in [4.78, 5) is 15.1. The van der Waals surface area contributed by atoms with Crippen LogP contribution in [0.15, 0.2) is 35.2 Å². The standard InChI is InChI=1S/C23H35N3O5S/c1-3-26(4-2)32(28,29)21-8-5-19(6-9-21)7-10-23(27)24-17-22(20-11-14-31-18-20)25-12-15-30-16-13-25/h5-10,20,22H,3-4,11-18H2,1-2H3,(H,24,27)/b10-7+. The van der Waals surface area contributed by atoms with Crippen molar-refractivity contribution >= 4 is 22.0 Å². The summed E-state index contributed by atoms with van der Waals surface area (Å²) >= 11 is 0. The number of hydrogen-bond donors (Lipinski definition) is 1. The van der Waals surface area contributed by atoms with Crippen LogP contribution in [0.3, 0.4) is 0 Å². The SMILES string of the molecule is CCN(CC)S(=O)(=O)c1ccc(/C=C/C(=O)NCC(C2CCOC2)N2CCOCC2)cc1. The second kappa shape index (κ2) is 11.9. The van der Waals surface area contributed by atoms with E-state index in [0.29, 0.717) is 25.6 Å². The lowest BCUT2D eigenvalue weighted by atomic mass is 9.97. The molecule has 2 aliphatic heterocycles. The highest BCUT2D eigenvalue weighted by molar-refractivity contribution is 7.89. The number of amides is 1. The van der Waals surface area contributed by atoms with E-state index in [1.807, 2.05) is 13.8 Å². The van der Waals surface area contributed by atoms with Crippen molar-refractivity contribution in [3.8, 4) is 0 Å². The summed E-state index contributed by atoms with van der Waals surface area (Å²) in [5.74, 6) is 0.250. The first-order chi connectivity index (χ1) is 15.5. The minimum Gasteiger partial charge on any atom is -0.381 e. The zero-order chi connectivity index (χ0) is 23.0. The predicted molar refractivity (Wildman–Crippen MR) is 124 cm³/mol. The van der Waals surface area contributed by atoms with Gasteiger partial charge in [-0.1, -0.05) is 26.0 Å². The van der Waals surface area contributed by atoms with Crippen molar-refractivity contribution in [2.24, 2.45) is 5.92 Å². The maximum absolute atomic E-state index is 12.6. The van der Waals surface area contributed by atoms with Crippen molar-refractivity contribution in [3.05, 3.63) is 35.9 Å². The monoisotopic (exact) mass is 465 g/mol. The van der Waals surface area contributed by atoms with E-state index in [1.54, 1.807) is 30.3 Å². The Kier molecular flexibility index (Phi) is 9.24. The van der Waals surface area contributed by atoms with Gasteiger partial charge in [-0.05, 0) is 30.2 Å². The molecule has 178 valence electrons. The van der Waals surface area contributed by atoms with Crippen molar-refractivity contribution < 1.29 is 22.7 Å². The smallest absolute Gasteiger partial charge is 0.244 e. The molecule has 9 heteroatoms. The summed E-state index contributed by atoms with van der Waals surface area (Å²) < 4.78 is 37.6. The number of morpholine rings is 1. The van der Waals surface area contributed by atoms with Gasteiger partial charge in [-0.3, -0.25) is 9.69 Å². The van der Waals surface area contributed by atoms with Crippen LogP contribution in [0.4, 0.5) is 0 Å². The Morgan fingerprint density at radius 1 is 1.16 bits per heavy atom. The Balaban J connectivity index is 1.57. The molecule has 2 unspecified atom stereocenters. The third-order valence-corrected chi connectivity index (χ3v) is 8.22. The van der Waals surface area contributed by atoms with Crippen LogP contribution in [-0.4, -0.2) is 88.7 Å². The molecule has 2 saturated heterocycles. The van der Waals surface area contributed by atoms with Gasteiger partial charge in [-0.15, -0.1) is 0 Å². The molecule has 0 bridgehead atoms. The summed E-state index contributed by atoms with van der Waals surface area (Å²) in [5.41, 5.74) is 0.771. The van der Waals surface area contributed by atoms with Crippen LogP contribution >= 0.6 is 0 Å². The van der Waals surface area contributed by atoms with E-state index >= 15 is 0 Å². The van der Waals surface area contributed by atoms with Gasteiger partial charge in [0, 0.05) is 57.4 Å². The highest BCUT2D eigenvalue weighted by Gasteiger charge is 2.31. The average molecular weight is 466 g/mol. The van der Waals surface area contributed by atoms with Crippen molar-refractivity contribution in [1.82, 2.24) is 14.5 Å². The van der Waals surface area contributed by atoms with Gasteiger partial charge in [-0.2, -0.15) is 4.31 Å². The molecule has 0 aromatic heterocycles. The lowest BCUT2D eigenvalue weighted by Gasteiger charge is -2.37. The van der Waals surface area contributed by atoms with E-state index in [4.69, 9.17) is 9.47 Å². The second-order valence-corrected chi connectivity index (χ2v) is 10.0. The first-order valence-electron chi connectivity index (χ1n) is 11.4. The van der Waals surface area contributed by atoms with E-state index in [2.05, 4.69) is 10.2 Å². The Morgan fingerprint density at radius 3 is 2.44 bits per heavy atom. The number of rotatable bonds is 10. The molecule has 0 saturated carbocycles. The molecule has 2 atom stereocenters. The number of carbonyl (C=O) groups excluding carboxylic acids is 1. The lowest BCUT2D eigenvalue weighted by Crippen LogP contribution is -2.52. The van der Waals surface area contributed by atoms with Crippen molar-refractivity contribution in [3.63, 3.8) is 0 Å². The Labute approximate surface area is 191 Å². The molecular weight excluding hydrogens is 430 g/mol. The van der Waals surface area contributed by atoms with Gasteiger partial charge >= 0.3 is 0 Å². The van der Waals surface area contributed by atoms with Gasteiger partial charge in [0.15, 0.2) is 0 Å². The zero-order valence-corrected chi connectivity index (χ0v) is 19.9. The summed E-state index contributed by atoms with van der Waals surface area (Å²) in [6, 6.07) is 6.84. The third kappa shape index (κ3) is 6.39. The topological polar surface area (TPSA) is 88.2 Å². The molecular formula is C23H35N3O5S. The quantitative estimate of drug-likeness (QED) is 0.528. The average Bonchev–Trinajstić information content (AvgIpc) is 3.34. The summed E-state index contributed by atoms with van der Waals surface area (Å²) in [5, 5.41) is 3.03. The molecule has 3 rings (SSSR count). The van der Waals surface area contributed by atoms with Crippen LogP contribution in [0.1, 0.15) is 25.8 Å². The van der Waals surface area contributed by atoms with E-state index in [9.17, 15) is 13.2 Å². The fraction of sp³-hybridized carbons (Fsp3) is 0.609. The van der Waals surface area contributed by atoms with Gasteiger partial charge < -0.3 is 14.8 Å². The number of nitrogens with one attached hydrogen (secondary N) is 1. The van der Waals surface area contributed by atoms with Gasteiger partial charge in [0.1, 0.15) is 0 Å². The molecule has 1 N–H and O–H groups in total. The van der Waals surface area contributed by atoms with Crippen LogP contribution in [0.2, 0.25) is 0 Å². The lowest BCUT2D eigenvalue weighted by molar-refractivity contribution is -0.116. The minimum absolute atomic E-state index is 0.165. The number of carbonyl (C=O) groups is 1. The largest absolute Gasteiger partial charge is 0.381 e. The number of hydrogen-bond acceptors (Lipinski definition) is 6. The van der Waals surface area contributed by atoms with Gasteiger partial charge in [0.2, 0.25) is 15.9 Å². The van der Waals surface area contributed by atoms with E-state index in [1.165, 1.54) is 10.4 Å². The highest BCUT2D eigenvalue weighted by atomic mass is 32.2. The second-order valence-electron chi connectivity index (χ2n) is 8.08. The maximum atomic E-state index is 12.6. The van der Waals surface area contributed by atoms with Gasteiger partial charge in [-0.25, -0.2) is 8.42 Å². The van der Waals surface area contributed by atoms with Crippen LogP contribution in [0.5, 0.6) is 0 Å². The zero-order valence-electron chi connectivity index (χ0n) is 19.0. The van der Waals surface area contributed by atoms with E-state index in [0.717, 1.165) is 51.5 Å². The molecule has 0 aliphatic carbocycles. The van der Waals surface area contributed by atoms with Crippen LogP contribution in [0.25, 0.3) is 6.08 Å². The number of nitrogens with zero attached hydrogens (tertiary/aromatic N) is 2. The Bertz CT molecular complexity index is 856.